The predicted octanol–water partition coefficient (Wildman–Crippen LogP) is 2.64. The highest BCUT2D eigenvalue weighted by molar-refractivity contribution is 9.10. The molecule has 28 heavy (non-hydrogen) atoms. The maximum Gasteiger partial charge on any atom is 0.260 e. The van der Waals surface area contributed by atoms with Gasteiger partial charge in [-0.2, -0.15) is 4.31 Å². The quantitative estimate of drug-likeness (QED) is 0.667. The molecule has 0 saturated carbocycles. The van der Waals surface area contributed by atoms with Crippen molar-refractivity contribution in [3.8, 4) is 5.75 Å². The van der Waals surface area contributed by atoms with Gasteiger partial charge in [-0.25, -0.2) is 17.2 Å². The van der Waals surface area contributed by atoms with Crippen molar-refractivity contribution in [2.75, 3.05) is 32.8 Å². The van der Waals surface area contributed by atoms with Gasteiger partial charge in [0.25, 0.3) is 5.91 Å². The summed E-state index contributed by atoms with van der Waals surface area (Å²) in [5, 5.41) is 0. The molecule has 1 fully saturated rings. The van der Waals surface area contributed by atoms with Gasteiger partial charge in [0.05, 0.1) is 0 Å². The van der Waals surface area contributed by atoms with Gasteiger partial charge in [-0.3, -0.25) is 4.79 Å². The fraction of sp³-hybridized carbons (Fsp3) is 0.278. The van der Waals surface area contributed by atoms with Gasteiger partial charge in [-0.1, -0.05) is 15.9 Å². The molecule has 0 spiro atoms. The SMILES string of the molecule is O=C(COc1ccc(Br)cc1)N1CCN(S(=O)(=O)c2cc(F)ccc2F)CC1. The van der Waals surface area contributed by atoms with Crippen LogP contribution in [0.2, 0.25) is 0 Å². The molecule has 1 aliphatic heterocycles. The fourth-order valence-corrected chi connectivity index (χ4v) is 4.52. The van der Waals surface area contributed by atoms with Gasteiger partial charge < -0.3 is 9.64 Å². The Balaban J connectivity index is 1.58. The van der Waals surface area contributed by atoms with Crippen molar-refractivity contribution in [3.05, 3.63) is 58.6 Å². The van der Waals surface area contributed by atoms with E-state index in [1.807, 2.05) is 0 Å². The van der Waals surface area contributed by atoms with E-state index < -0.39 is 26.6 Å². The molecule has 0 N–H and O–H groups in total. The number of amides is 1. The second kappa shape index (κ2) is 8.54. The third-order valence-corrected chi connectivity index (χ3v) is 6.72. The van der Waals surface area contributed by atoms with E-state index in [1.165, 1.54) is 4.90 Å². The van der Waals surface area contributed by atoms with Crippen molar-refractivity contribution >= 4 is 31.9 Å². The summed E-state index contributed by atoms with van der Waals surface area (Å²) >= 11 is 3.31. The molecule has 1 heterocycles. The van der Waals surface area contributed by atoms with Crippen molar-refractivity contribution in [2.24, 2.45) is 0 Å². The van der Waals surface area contributed by atoms with Gasteiger partial charge in [-0.05, 0) is 42.5 Å². The zero-order chi connectivity index (χ0) is 20.3. The van der Waals surface area contributed by atoms with E-state index in [2.05, 4.69) is 15.9 Å². The largest absolute Gasteiger partial charge is 0.484 e. The average molecular weight is 475 g/mol. The summed E-state index contributed by atoms with van der Waals surface area (Å²) in [6.07, 6.45) is 0. The number of ether oxygens (including phenoxy) is 1. The molecule has 0 aromatic heterocycles. The van der Waals surface area contributed by atoms with Crippen molar-refractivity contribution in [3.63, 3.8) is 0 Å². The number of hydrogen-bond donors (Lipinski definition) is 0. The Morgan fingerprint density at radius 3 is 2.32 bits per heavy atom. The van der Waals surface area contributed by atoms with E-state index >= 15 is 0 Å². The van der Waals surface area contributed by atoms with E-state index in [-0.39, 0.29) is 38.7 Å². The zero-order valence-corrected chi connectivity index (χ0v) is 17.0. The van der Waals surface area contributed by atoms with Crippen molar-refractivity contribution < 1.29 is 26.7 Å². The van der Waals surface area contributed by atoms with Gasteiger partial charge in [0.2, 0.25) is 10.0 Å². The topological polar surface area (TPSA) is 66.9 Å². The lowest BCUT2D eigenvalue weighted by atomic mass is 10.3. The molecule has 150 valence electrons. The Bertz CT molecular complexity index is 962. The first kappa shape index (κ1) is 20.7. The third-order valence-electron chi connectivity index (χ3n) is 4.28. The number of carbonyl (C=O) groups excluding carboxylic acids is 1. The van der Waals surface area contributed by atoms with Crippen LogP contribution in [0.15, 0.2) is 51.8 Å². The first-order valence-corrected chi connectivity index (χ1v) is 10.6. The Morgan fingerprint density at radius 1 is 1.04 bits per heavy atom. The molecular formula is C18H17BrF2N2O4S. The van der Waals surface area contributed by atoms with Crippen LogP contribution in [0.25, 0.3) is 0 Å². The molecule has 6 nitrogen and oxygen atoms in total. The van der Waals surface area contributed by atoms with Crippen LogP contribution in [0, 0.1) is 11.6 Å². The molecule has 0 aliphatic carbocycles. The number of benzene rings is 2. The minimum atomic E-state index is -4.18. The zero-order valence-electron chi connectivity index (χ0n) is 14.6. The molecule has 1 saturated heterocycles. The van der Waals surface area contributed by atoms with Gasteiger partial charge >= 0.3 is 0 Å². The first-order valence-electron chi connectivity index (χ1n) is 8.39. The summed E-state index contributed by atoms with van der Waals surface area (Å²) in [6, 6.07) is 9.31. The van der Waals surface area contributed by atoms with E-state index in [0.717, 1.165) is 20.9 Å². The number of hydrogen-bond acceptors (Lipinski definition) is 4. The number of carbonyl (C=O) groups is 1. The second-order valence-corrected chi connectivity index (χ2v) is 8.92. The monoisotopic (exact) mass is 474 g/mol. The summed E-state index contributed by atoms with van der Waals surface area (Å²) in [4.78, 5) is 13.1. The van der Waals surface area contributed by atoms with Gasteiger partial charge in [0.15, 0.2) is 6.61 Å². The van der Waals surface area contributed by atoms with Crippen LogP contribution >= 0.6 is 15.9 Å². The lowest BCUT2D eigenvalue weighted by Crippen LogP contribution is -2.51. The minimum Gasteiger partial charge on any atom is -0.484 e. The van der Waals surface area contributed by atoms with E-state index in [9.17, 15) is 22.0 Å². The van der Waals surface area contributed by atoms with Crippen LogP contribution in [0.3, 0.4) is 0 Å². The van der Waals surface area contributed by atoms with E-state index in [1.54, 1.807) is 24.3 Å². The molecule has 0 radical (unpaired) electrons. The number of piperazine rings is 1. The molecule has 0 atom stereocenters. The highest BCUT2D eigenvalue weighted by Crippen LogP contribution is 2.22. The number of nitrogens with zero attached hydrogens (tertiary/aromatic N) is 2. The standard InChI is InChI=1S/C18H17BrF2N2O4S/c19-13-1-4-15(5-2-13)27-12-18(24)22-7-9-23(10-8-22)28(25,26)17-11-14(20)3-6-16(17)21/h1-6,11H,7-10,12H2. The molecule has 2 aromatic carbocycles. The molecular weight excluding hydrogens is 458 g/mol. The molecule has 0 bridgehead atoms. The van der Waals surface area contributed by atoms with Gasteiger partial charge in [0, 0.05) is 30.7 Å². The lowest BCUT2D eigenvalue weighted by Gasteiger charge is -2.34. The summed E-state index contributed by atoms with van der Waals surface area (Å²) in [6.45, 7) is 0.0783. The summed E-state index contributed by atoms with van der Waals surface area (Å²) in [5.74, 6) is -1.59. The van der Waals surface area contributed by atoms with Crippen LogP contribution < -0.4 is 4.74 Å². The van der Waals surface area contributed by atoms with Gasteiger partial charge in [0.1, 0.15) is 22.3 Å². The Labute approximate surface area is 169 Å². The van der Waals surface area contributed by atoms with Crippen LogP contribution in [0.4, 0.5) is 8.78 Å². The summed E-state index contributed by atoms with van der Waals surface area (Å²) < 4.78 is 59.7. The highest BCUT2D eigenvalue weighted by atomic mass is 79.9. The normalized spacial score (nSPS) is 15.5. The number of sulfonamides is 1. The third kappa shape index (κ3) is 4.68. The van der Waals surface area contributed by atoms with Crippen LogP contribution in [0.1, 0.15) is 0 Å². The Hall–Kier alpha value is -2.04. The maximum atomic E-state index is 13.9. The van der Waals surface area contributed by atoms with Crippen molar-refractivity contribution in [1.82, 2.24) is 9.21 Å². The first-order chi connectivity index (χ1) is 13.3. The lowest BCUT2D eigenvalue weighted by molar-refractivity contribution is -0.134. The van der Waals surface area contributed by atoms with E-state index in [4.69, 9.17) is 4.74 Å². The second-order valence-electron chi connectivity index (χ2n) is 6.10. The predicted molar refractivity (Wildman–Crippen MR) is 101 cm³/mol. The molecule has 2 aromatic rings. The molecule has 0 unspecified atom stereocenters. The Kier molecular flexibility index (Phi) is 6.31. The maximum absolute atomic E-state index is 13.9. The van der Waals surface area contributed by atoms with Crippen LogP contribution in [0.5, 0.6) is 5.75 Å². The summed E-state index contributed by atoms with van der Waals surface area (Å²) in [7, 11) is -4.18. The average Bonchev–Trinajstić information content (AvgIpc) is 2.69. The number of halogens is 3. The summed E-state index contributed by atoms with van der Waals surface area (Å²) in [5.41, 5.74) is 0. The van der Waals surface area contributed by atoms with E-state index in [0.29, 0.717) is 11.8 Å². The minimum absolute atomic E-state index is 0.0116. The van der Waals surface area contributed by atoms with Gasteiger partial charge in [-0.15, -0.1) is 0 Å². The fourth-order valence-electron chi connectivity index (χ4n) is 2.76. The van der Waals surface area contributed by atoms with Crippen molar-refractivity contribution in [1.29, 1.82) is 0 Å². The van der Waals surface area contributed by atoms with Crippen LogP contribution in [-0.4, -0.2) is 56.3 Å². The molecule has 3 rings (SSSR count). The Morgan fingerprint density at radius 2 is 1.68 bits per heavy atom. The number of rotatable bonds is 5. The van der Waals surface area contributed by atoms with Crippen molar-refractivity contribution in [2.45, 2.75) is 4.90 Å². The molecule has 1 aliphatic rings. The molecule has 10 heteroatoms. The highest BCUT2D eigenvalue weighted by Gasteiger charge is 2.32. The van der Waals surface area contributed by atoms with Crippen LogP contribution in [-0.2, 0) is 14.8 Å². The smallest absolute Gasteiger partial charge is 0.260 e. The molecule has 1 amide bonds.